The van der Waals surface area contributed by atoms with E-state index in [-0.39, 0.29) is 23.7 Å². The van der Waals surface area contributed by atoms with Gasteiger partial charge in [0.15, 0.2) is 5.11 Å². The Morgan fingerprint density at radius 1 is 1.11 bits per heavy atom. The Kier molecular flexibility index (Phi) is 6.75. The number of nitro benzene ring substituents is 1. The molecule has 5 rings (SSSR count). The van der Waals surface area contributed by atoms with E-state index in [0.717, 1.165) is 17.1 Å². The average Bonchev–Trinajstić information content (AvgIpc) is 3.53. The molecule has 192 valence electrons. The fraction of sp³-hybridized carbons (Fsp3) is 0.148. The first-order valence-electron chi connectivity index (χ1n) is 11.8. The molecule has 1 aliphatic rings. The number of anilines is 2. The van der Waals surface area contributed by atoms with Gasteiger partial charge in [-0.1, -0.05) is 12.1 Å². The summed E-state index contributed by atoms with van der Waals surface area (Å²) in [5.74, 6) is 0.282. The molecular weight excluding hydrogens is 504 g/mol. The predicted molar refractivity (Wildman–Crippen MR) is 148 cm³/mol. The summed E-state index contributed by atoms with van der Waals surface area (Å²) < 4.78 is 7.35. The molecule has 0 saturated carbocycles. The van der Waals surface area contributed by atoms with E-state index in [0.29, 0.717) is 22.2 Å². The predicted octanol–water partition coefficient (Wildman–Crippen LogP) is 4.92. The lowest BCUT2D eigenvalue weighted by molar-refractivity contribution is -0.384. The molecule has 1 amide bonds. The highest BCUT2D eigenvalue weighted by Crippen LogP contribution is 2.44. The maximum Gasteiger partial charge on any atom is 0.271 e. The molecule has 1 aliphatic heterocycles. The summed E-state index contributed by atoms with van der Waals surface area (Å²) in [5.41, 5.74) is 3.49. The molecule has 1 saturated heterocycles. The molecule has 3 heterocycles. The maximum absolute atomic E-state index is 11.9. The lowest BCUT2D eigenvalue weighted by atomic mass is 10.0. The van der Waals surface area contributed by atoms with Crippen molar-refractivity contribution in [2.45, 2.75) is 19.0 Å². The van der Waals surface area contributed by atoms with E-state index in [1.165, 1.54) is 26.2 Å². The van der Waals surface area contributed by atoms with Gasteiger partial charge in [-0.3, -0.25) is 19.9 Å². The van der Waals surface area contributed by atoms with E-state index >= 15 is 0 Å². The number of carbonyl (C=O) groups is 1. The summed E-state index contributed by atoms with van der Waals surface area (Å²) in [4.78, 5) is 29.4. The van der Waals surface area contributed by atoms with Gasteiger partial charge in [-0.05, 0) is 60.7 Å². The minimum Gasteiger partial charge on any atom is -0.495 e. The number of hydrogen-bond donors (Lipinski definition) is 2. The van der Waals surface area contributed by atoms with Crippen LogP contribution in [0.1, 0.15) is 30.4 Å². The highest BCUT2D eigenvalue weighted by atomic mass is 32.1. The van der Waals surface area contributed by atoms with Crippen molar-refractivity contribution in [3.63, 3.8) is 0 Å². The number of nitro groups is 1. The fourth-order valence-electron chi connectivity index (χ4n) is 4.69. The van der Waals surface area contributed by atoms with Crippen molar-refractivity contribution in [1.82, 2.24) is 14.9 Å². The fourth-order valence-corrected chi connectivity index (χ4v) is 5.04. The Morgan fingerprint density at radius 3 is 2.66 bits per heavy atom. The van der Waals surface area contributed by atoms with Crippen LogP contribution >= 0.6 is 12.2 Å². The summed E-state index contributed by atoms with van der Waals surface area (Å²) in [6, 6.07) is 20.7. The number of carbonyl (C=O) groups excluding carboxylic acids is 1. The van der Waals surface area contributed by atoms with Crippen LogP contribution in [-0.4, -0.2) is 32.6 Å². The van der Waals surface area contributed by atoms with E-state index < -0.39 is 4.92 Å². The van der Waals surface area contributed by atoms with E-state index in [4.69, 9.17) is 17.0 Å². The molecule has 4 aromatic rings. The first-order chi connectivity index (χ1) is 18.4. The molecule has 2 aromatic carbocycles. The third-order valence-corrected chi connectivity index (χ3v) is 6.59. The van der Waals surface area contributed by atoms with Crippen LogP contribution in [0.25, 0.3) is 5.69 Å². The lowest BCUT2D eigenvalue weighted by Crippen LogP contribution is -2.30. The summed E-state index contributed by atoms with van der Waals surface area (Å²) in [6.45, 7) is 1.43. The zero-order valence-corrected chi connectivity index (χ0v) is 21.4. The second kappa shape index (κ2) is 10.3. The molecule has 2 atom stereocenters. The number of non-ortho nitro benzene ring substituents is 1. The van der Waals surface area contributed by atoms with Crippen molar-refractivity contribution in [2.24, 2.45) is 0 Å². The SMILES string of the molecule is COc1ccc(N2C(=S)N[C@@H](c3ccccn3)[C@H]2c2cccn2-c2cccc([N+](=O)[O-])c2)cc1NC(C)=O. The minimum atomic E-state index is -0.414. The number of nitrogens with zero attached hydrogens (tertiary/aromatic N) is 4. The van der Waals surface area contributed by atoms with E-state index in [2.05, 4.69) is 15.6 Å². The van der Waals surface area contributed by atoms with Crippen LogP contribution in [0.15, 0.2) is 85.2 Å². The number of rotatable bonds is 7. The smallest absolute Gasteiger partial charge is 0.271 e. The molecule has 10 nitrogen and oxygen atoms in total. The Balaban J connectivity index is 1.67. The van der Waals surface area contributed by atoms with Crippen LogP contribution in [0.3, 0.4) is 0 Å². The molecule has 0 spiro atoms. The second-order valence-electron chi connectivity index (χ2n) is 8.64. The van der Waals surface area contributed by atoms with E-state index in [9.17, 15) is 14.9 Å². The standard InChI is InChI=1S/C27H24N6O4S/c1-17(34)29-22-16-19(11-12-24(22)37-2)32-26(25(30-27(32)38)21-9-3-4-13-28-21)23-10-6-14-31(23)18-7-5-8-20(15-18)33(35)36/h3-16,25-26H,1-2H3,(H,29,34)(H,30,38)/t25-,26+/m0/s1. The van der Waals surface area contributed by atoms with Crippen LogP contribution in [0, 0.1) is 10.1 Å². The van der Waals surface area contributed by atoms with Crippen LogP contribution in [0.2, 0.25) is 0 Å². The number of nitrogens with one attached hydrogen (secondary N) is 2. The number of thiocarbonyl (C=S) groups is 1. The van der Waals surface area contributed by atoms with Crippen molar-refractivity contribution in [3.8, 4) is 11.4 Å². The monoisotopic (exact) mass is 528 g/mol. The Bertz CT molecular complexity index is 1520. The number of hydrogen-bond acceptors (Lipinski definition) is 6. The zero-order chi connectivity index (χ0) is 26.8. The van der Waals surface area contributed by atoms with Crippen LogP contribution in [0.5, 0.6) is 5.75 Å². The minimum absolute atomic E-state index is 0.00421. The quantitative estimate of drug-likeness (QED) is 0.197. The Morgan fingerprint density at radius 2 is 1.95 bits per heavy atom. The van der Waals surface area contributed by atoms with Gasteiger partial charge >= 0.3 is 0 Å². The summed E-state index contributed by atoms with van der Waals surface area (Å²) in [6.07, 6.45) is 3.59. The molecular formula is C27H24N6O4S. The molecule has 2 aromatic heterocycles. The van der Waals surface area contributed by atoms with Crippen molar-refractivity contribution in [1.29, 1.82) is 0 Å². The van der Waals surface area contributed by atoms with Gasteiger partial charge in [-0.15, -0.1) is 0 Å². The summed E-state index contributed by atoms with van der Waals surface area (Å²) in [7, 11) is 1.54. The normalized spacial score (nSPS) is 16.7. The zero-order valence-electron chi connectivity index (χ0n) is 20.6. The second-order valence-corrected chi connectivity index (χ2v) is 9.03. The molecule has 2 N–H and O–H groups in total. The van der Waals surface area contributed by atoms with E-state index in [1.54, 1.807) is 18.3 Å². The van der Waals surface area contributed by atoms with Crippen LogP contribution in [-0.2, 0) is 4.79 Å². The molecule has 0 bridgehead atoms. The van der Waals surface area contributed by atoms with Gasteiger partial charge in [0.1, 0.15) is 11.8 Å². The number of benzene rings is 2. The van der Waals surface area contributed by atoms with Crippen molar-refractivity contribution in [2.75, 3.05) is 17.3 Å². The van der Waals surface area contributed by atoms with Gasteiger partial charge in [-0.2, -0.15) is 0 Å². The molecule has 0 aliphatic carbocycles. The van der Waals surface area contributed by atoms with Gasteiger partial charge in [0, 0.05) is 42.8 Å². The Hall–Kier alpha value is -4.77. The third-order valence-electron chi connectivity index (χ3n) is 6.27. The number of methoxy groups -OCH3 is 1. The van der Waals surface area contributed by atoms with Gasteiger partial charge in [-0.25, -0.2) is 0 Å². The average molecular weight is 529 g/mol. The Labute approximate surface area is 224 Å². The highest BCUT2D eigenvalue weighted by Gasteiger charge is 2.42. The van der Waals surface area contributed by atoms with Crippen LogP contribution < -0.4 is 20.3 Å². The first-order valence-corrected chi connectivity index (χ1v) is 12.2. The van der Waals surface area contributed by atoms with Crippen molar-refractivity contribution < 1.29 is 14.5 Å². The number of aromatic nitrogens is 2. The summed E-state index contributed by atoms with van der Waals surface area (Å²) >= 11 is 5.83. The van der Waals surface area contributed by atoms with Gasteiger partial charge in [0.05, 0.1) is 35.1 Å². The number of ether oxygens (including phenoxy) is 1. The molecule has 0 radical (unpaired) electrons. The van der Waals surface area contributed by atoms with Gasteiger partial charge in [0.25, 0.3) is 5.69 Å². The maximum atomic E-state index is 11.9. The largest absolute Gasteiger partial charge is 0.495 e. The third kappa shape index (κ3) is 4.66. The van der Waals surface area contributed by atoms with Crippen LogP contribution in [0.4, 0.5) is 17.1 Å². The first kappa shape index (κ1) is 24.9. The van der Waals surface area contributed by atoms with Crippen molar-refractivity contribution >= 4 is 40.3 Å². The van der Waals surface area contributed by atoms with Gasteiger partial charge in [0.2, 0.25) is 5.91 Å². The van der Waals surface area contributed by atoms with Crippen molar-refractivity contribution in [3.05, 3.63) is 107 Å². The molecule has 38 heavy (non-hydrogen) atoms. The molecule has 11 heteroatoms. The highest BCUT2D eigenvalue weighted by molar-refractivity contribution is 7.80. The molecule has 1 fully saturated rings. The topological polar surface area (TPSA) is 115 Å². The summed E-state index contributed by atoms with van der Waals surface area (Å²) in [5, 5.41) is 18.1. The number of amides is 1. The van der Waals surface area contributed by atoms with E-state index in [1.807, 2.05) is 64.2 Å². The number of pyridine rings is 1. The molecule has 0 unspecified atom stereocenters. The van der Waals surface area contributed by atoms with Gasteiger partial charge < -0.3 is 24.8 Å². The lowest BCUT2D eigenvalue weighted by Gasteiger charge is -2.29.